The van der Waals surface area contributed by atoms with E-state index in [2.05, 4.69) is 156 Å². The Morgan fingerprint density at radius 1 is 0.400 bits per heavy atom. The van der Waals surface area contributed by atoms with Crippen molar-refractivity contribution in [3.8, 4) is 50.7 Å². The average molecular weight is 640 g/mol. The zero-order valence-corrected chi connectivity index (χ0v) is 27.0. The molecule has 3 aromatic heterocycles. The Balaban J connectivity index is 1.13. The van der Waals surface area contributed by atoms with Crippen molar-refractivity contribution in [2.75, 3.05) is 0 Å². The highest BCUT2D eigenvalue weighted by molar-refractivity contribution is 6.10. The number of hydrogen-bond acceptors (Lipinski definition) is 3. The van der Waals surface area contributed by atoms with Crippen LogP contribution in [0.3, 0.4) is 0 Å². The van der Waals surface area contributed by atoms with Gasteiger partial charge in [0.05, 0.1) is 28.0 Å². The largest absolute Gasteiger partial charge is 0.455 e. The maximum Gasteiger partial charge on any atom is 0.164 e. The van der Waals surface area contributed by atoms with Crippen LogP contribution in [0, 0.1) is 0 Å². The lowest BCUT2D eigenvalue weighted by atomic mass is 10.0. The minimum atomic E-state index is 0.626. The second kappa shape index (κ2) is 11.4. The first-order valence-electron chi connectivity index (χ1n) is 16.8. The molecule has 4 heteroatoms. The number of rotatable bonds is 5. The van der Waals surface area contributed by atoms with Gasteiger partial charge in [0.25, 0.3) is 0 Å². The number of benzene rings is 7. The van der Waals surface area contributed by atoms with Gasteiger partial charge in [-0.1, -0.05) is 133 Å². The fraction of sp³-hybridized carbons (Fsp3) is 0. The van der Waals surface area contributed by atoms with Crippen molar-refractivity contribution in [3.05, 3.63) is 176 Å². The Kier molecular flexibility index (Phi) is 6.46. The molecule has 0 spiro atoms. The molecule has 7 aromatic carbocycles. The minimum Gasteiger partial charge on any atom is -0.455 e. The van der Waals surface area contributed by atoms with Gasteiger partial charge in [-0.3, -0.25) is 0 Å². The average Bonchev–Trinajstić information content (AvgIpc) is 3.74. The van der Waals surface area contributed by atoms with Crippen molar-refractivity contribution >= 4 is 43.7 Å². The molecule has 0 N–H and O–H groups in total. The Labute approximate surface area is 288 Å². The van der Waals surface area contributed by atoms with Crippen LogP contribution < -0.4 is 0 Å². The van der Waals surface area contributed by atoms with Gasteiger partial charge in [-0.05, 0) is 53.6 Å². The van der Waals surface area contributed by atoms with Crippen molar-refractivity contribution in [3.63, 3.8) is 0 Å². The van der Waals surface area contributed by atoms with E-state index in [0.29, 0.717) is 5.82 Å². The van der Waals surface area contributed by atoms with E-state index < -0.39 is 0 Å². The second-order valence-electron chi connectivity index (χ2n) is 12.6. The van der Waals surface area contributed by atoms with E-state index in [1.807, 2.05) is 24.3 Å². The monoisotopic (exact) mass is 639 g/mol. The third-order valence-corrected chi connectivity index (χ3v) is 9.66. The van der Waals surface area contributed by atoms with Gasteiger partial charge in [0.15, 0.2) is 5.82 Å². The lowest BCUT2D eigenvalue weighted by molar-refractivity contribution is 0.669. The minimum absolute atomic E-state index is 0.626. The first kappa shape index (κ1) is 28.3. The van der Waals surface area contributed by atoms with E-state index >= 15 is 0 Å². The third-order valence-electron chi connectivity index (χ3n) is 9.66. The highest BCUT2D eigenvalue weighted by atomic mass is 16.3. The SMILES string of the molecule is c1ccc(-c2ccc(-c3cc(-c4ccc(-n5c6ccccc6c6ccccc65)cc4)nc(-c4cccc5c4oc4ccccc45)n3)cc2)cc1. The first-order chi connectivity index (χ1) is 24.8. The lowest BCUT2D eigenvalue weighted by Crippen LogP contribution is -1.97. The van der Waals surface area contributed by atoms with Crippen molar-refractivity contribution in [2.24, 2.45) is 0 Å². The molecule has 3 heterocycles. The number of hydrogen-bond donors (Lipinski definition) is 0. The van der Waals surface area contributed by atoms with Crippen LogP contribution in [0.4, 0.5) is 0 Å². The number of fused-ring (bicyclic) bond motifs is 6. The summed E-state index contributed by atoms with van der Waals surface area (Å²) in [6.07, 6.45) is 0. The van der Waals surface area contributed by atoms with Crippen molar-refractivity contribution in [2.45, 2.75) is 0 Å². The highest BCUT2D eigenvalue weighted by Crippen LogP contribution is 2.37. The molecule has 0 amide bonds. The Morgan fingerprint density at radius 3 is 1.60 bits per heavy atom. The van der Waals surface area contributed by atoms with Crippen LogP contribution in [-0.2, 0) is 0 Å². The molecule has 0 radical (unpaired) electrons. The second-order valence-corrected chi connectivity index (χ2v) is 12.6. The van der Waals surface area contributed by atoms with Gasteiger partial charge in [-0.2, -0.15) is 0 Å². The highest BCUT2D eigenvalue weighted by Gasteiger charge is 2.17. The molecule has 0 fully saturated rings. The van der Waals surface area contributed by atoms with E-state index in [-0.39, 0.29) is 0 Å². The molecule has 0 bridgehead atoms. The molecule has 50 heavy (non-hydrogen) atoms. The van der Waals surface area contributed by atoms with Gasteiger partial charge < -0.3 is 8.98 Å². The molecule has 0 aliphatic rings. The van der Waals surface area contributed by atoms with E-state index in [1.54, 1.807) is 0 Å². The maximum absolute atomic E-state index is 6.44. The number of aromatic nitrogens is 3. The zero-order valence-electron chi connectivity index (χ0n) is 27.0. The molecular formula is C46H29N3O. The van der Waals surface area contributed by atoms with E-state index in [0.717, 1.165) is 61.3 Å². The zero-order chi connectivity index (χ0) is 33.0. The summed E-state index contributed by atoms with van der Waals surface area (Å²) >= 11 is 0. The van der Waals surface area contributed by atoms with Gasteiger partial charge in [0, 0.05) is 38.4 Å². The van der Waals surface area contributed by atoms with Crippen LogP contribution in [0.1, 0.15) is 0 Å². The van der Waals surface area contributed by atoms with E-state index in [1.165, 1.54) is 27.4 Å². The normalized spacial score (nSPS) is 11.6. The van der Waals surface area contributed by atoms with Gasteiger partial charge in [-0.25, -0.2) is 9.97 Å². The Hall–Kier alpha value is -6.78. The molecule has 10 rings (SSSR count). The summed E-state index contributed by atoms with van der Waals surface area (Å²) < 4.78 is 8.77. The summed E-state index contributed by atoms with van der Waals surface area (Å²) in [6.45, 7) is 0. The van der Waals surface area contributed by atoms with Crippen LogP contribution in [0.25, 0.3) is 94.5 Å². The molecule has 0 aliphatic heterocycles. The van der Waals surface area contributed by atoms with Gasteiger partial charge in [0.1, 0.15) is 11.2 Å². The molecule has 0 saturated carbocycles. The van der Waals surface area contributed by atoms with Crippen LogP contribution in [0.2, 0.25) is 0 Å². The van der Waals surface area contributed by atoms with Crippen molar-refractivity contribution < 1.29 is 4.42 Å². The van der Waals surface area contributed by atoms with Gasteiger partial charge in [0.2, 0.25) is 0 Å². The summed E-state index contributed by atoms with van der Waals surface area (Å²) in [7, 11) is 0. The Morgan fingerprint density at radius 2 is 0.920 bits per heavy atom. The number of para-hydroxylation sites is 4. The van der Waals surface area contributed by atoms with Crippen LogP contribution >= 0.6 is 0 Å². The van der Waals surface area contributed by atoms with Gasteiger partial charge in [-0.15, -0.1) is 0 Å². The van der Waals surface area contributed by atoms with Crippen molar-refractivity contribution in [1.29, 1.82) is 0 Å². The molecule has 10 aromatic rings. The van der Waals surface area contributed by atoms with Crippen LogP contribution in [-0.4, -0.2) is 14.5 Å². The molecule has 0 atom stereocenters. The Bertz CT molecular complexity index is 2790. The maximum atomic E-state index is 6.44. The van der Waals surface area contributed by atoms with E-state index in [9.17, 15) is 0 Å². The molecular weight excluding hydrogens is 611 g/mol. The fourth-order valence-corrected chi connectivity index (χ4v) is 7.23. The molecule has 0 saturated heterocycles. The van der Waals surface area contributed by atoms with Gasteiger partial charge >= 0.3 is 0 Å². The number of furan rings is 1. The summed E-state index contributed by atoms with van der Waals surface area (Å²) in [4.78, 5) is 10.4. The molecule has 0 unspecified atom stereocenters. The standard InChI is InChI=1S/C46H29N3O/c1-2-11-30(12-3-1)31-21-23-32(24-22-31)40-29-41(48-46(47-40)39-17-10-16-38-37-15-6-9-20-44(37)50-45(38)39)33-25-27-34(28-26-33)49-42-18-7-4-13-35(42)36-14-5-8-19-43(36)49/h1-29H. The number of nitrogens with zero attached hydrogens (tertiary/aromatic N) is 3. The lowest BCUT2D eigenvalue weighted by Gasteiger charge is -2.12. The summed E-state index contributed by atoms with van der Waals surface area (Å²) in [5, 5.41) is 4.62. The first-order valence-corrected chi connectivity index (χ1v) is 16.8. The van der Waals surface area contributed by atoms with Crippen LogP contribution in [0.5, 0.6) is 0 Å². The predicted molar refractivity (Wildman–Crippen MR) is 205 cm³/mol. The molecule has 4 nitrogen and oxygen atoms in total. The molecule has 234 valence electrons. The fourth-order valence-electron chi connectivity index (χ4n) is 7.23. The van der Waals surface area contributed by atoms with Crippen LogP contribution in [0.15, 0.2) is 180 Å². The third kappa shape index (κ3) is 4.61. The smallest absolute Gasteiger partial charge is 0.164 e. The van der Waals surface area contributed by atoms with E-state index in [4.69, 9.17) is 14.4 Å². The topological polar surface area (TPSA) is 43.9 Å². The van der Waals surface area contributed by atoms with Crippen molar-refractivity contribution in [1.82, 2.24) is 14.5 Å². The summed E-state index contributed by atoms with van der Waals surface area (Å²) in [5.74, 6) is 0.626. The summed E-state index contributed by atoms with van der Waals surface area (Å²) in [5.41, 5.74) is 12.1. The summed E-state index contributed by atoms with van der Waals surface area (Å²) in [6, 6.07) is 61.4. The predicted octanol–water partition coefficient (Wildman–Crippen LogP) is 12.1. The molecule has 0 aliphatic carbocycles. The quantitative estimate of drug-likeness (QED) is 0.188.